The zero-order chi connectivity index (χ0) is 15.2. The first-order valence-electron chi connectivity index (χ1n) is 6.54. The second kappa shape index (κ2) is 7.69. The highest BCUT2D eigenvalue weighted by atomic mass is 35.5. The summed E-state index contributed by atoms with van der Waals surface area (Å²) in [6.45, 7) is 3.85. The number of nitrogens with one attached hydrogen (secondary N) is 1. The van der Waals surface area contributed by atoms with Gasteiger partial charge in [-0.2, -0.15) is 13.2 Å². The maximum absolute atomic E-state index is 12.4. The van der Waals surface area contributed by atoms with Crippen molar-refractivity contribution in [3.8, 4) is 0 Å². The second-order valence-corrected chi connectivity index (χ2v) is 4.88. The average Bonchev–Trinajstić information content (AvgIpc) is 2.37. The van der Waals surface area contributed by atoms with Gasteiger partial charge in [-0.3, -0.25) is 4.90 Å². The van der Waals surface area contributed by atoms with Crippen LogP contribution in [-0.4, -0.2) is 35.7 Å². The minimum atomic E-state index is -4.22. The van der Waals surface area contributed by atoms with E-state index in [0.717, 1.165) is 13.0 Å². The van der Waals surface area contributed by atoms with Crippen LogP contribution in [0.2, 0.25) is 5.02 Å². The summed E-state index contributed by atoms with van der Waals surface area (Å²) in [4.78, 5) is 5.54. The molecule has 0 spiro atoms. The average molecular weight is 310 g/mol. The van der Waals surface area contributed by atoms with Gasteiger partial charge in [0.2, 0.25) is 0 Å². The molecular weight excluding hydrogens is 291 g/mol. The molecule has 0 saturated heterocycles. The molecule has 3 nitrogen and oxygen atoms in total. The molecule has 0 atom stereocenters. The number of halogens is 4. The molecule has 0 aliphatic rings. The number of hydrogen-bond donors (Lipinski definition) is 1. The summed E-state index contributed by atoms with van der Waals surface area (Å²) in [7, 11) is 0. The Labute approximate surface area is 122 Å². The van der Waals surface area contributed by atoms with Gasteiger partial charge < -0.3 is 5.32 Å². The lowest BCUT2D eigenvalue weighted by molar-refractivity contribution is -0.146. The summed E-state index contributed by atoms with van der Waals surface area (Å²) in [6.07, 6.45) is -3.28. The molecule has 1 rings (SSSR count). The Bertz CT molecular complexity index is 424. The molecule has 1 heterocycles. The molecule has 1 aromatic rings. The summed E-state index contributed by atoms with van der Waals surface area (Å²) in [5.41, 5.74) is 0.457. The number of pyridine rings is 1. The van der Waals surface area contributed by atoms with Crippen molar-refractivity contribution in [2.24, 2.45) is 0 Å². The van der Waals surface area contributed by atoms with Crippen LogP contribution in [-0.2, 0) is 6.54 Å². The van der Waals surface area contributed by atoms with E-state index < -0.39 is 12.7 Å². The van der Waals surface area contributed by atoms with Crippen molar-refractivity contribution in [2.45, 2.75) is 33.0 Å². The van der Waals surface area contributed by atoms with Crippen LogP contribution in [0.3, 0.4) is 0 Å². The molecular formula is C13H19ClF3N3. The zero-order valence-corrected chi connectivity index (χ0v) is 12.4. The zero-order valence-electron chi connectivity index (χ0n) is 11.6. The van der Waals surface area contributed by atoms with E-state index >= 15 is 0 Å². The molecule has 0 aliphatic heterocycles. The van der Waals surface area contributed by atoms with Gasteiger partial charge in [-0.15, -0.1) is 0 Å². The Morgan fingerprint density at radius 1 is 1.30 bits per heavy atom. The minimum absolute atomic E-state index is 0.0798. The fraction of sp³-hybridized carbons (Fsp3) is 0.615. The first kappa shape index (κ1) is 17.0. The Hall–Kier alpha value is -1.01. The number of alkyl halides is 3. The fourth-order valence-corrected chi connectivity index (χ4v) is 1.86. The van der Waals surface area contributed by atoms with Crippen LogP contribution in [0.25, 0.3) is 0 Å². The molecule has 20 heavy (non-hydrogen) atoms. The van der Waals surface area contributed by atoms with Crippen molar-refractivity contribution in [3.63, 3.8) is 0 Å². The van der Waals surface area contributed by atoms with E-state index in [9.17, 15) is 13.2 Å². The molecule has 0 aliphatic carbocycles. The largest absolute Gasteiger partial charge is 0.401 e. The van der Waals surface area contributed by atoms with E-state index in [0.29, 0.717) is 16.5 Å². The summed E-state index contributed by atoms with van der Waals surface area (Å²) in [6, 6.07) is 3.38. The Kier molecular flexibility index (Phi) is 6.55. The van der Waals surface area contributed by atoms with Crippen molar-refractivity contribution in [2.75, 3.05) is 25.0 Å². The van der Waals surface area contributed by atoms with Crippen LogP contribution in [0.4, 0.5) is 19.0 Å². The molecule has 0 radical (unpaired) electrons. The normalized spacial score (nSPS) is 11.9. The van der Waals surface area contributed by atoms with Crippen molar-refractivity contribution < 1.29 is 13.2 Å². The monoisotopic (exact) mass is 309 g/mol. The van der Waals surface area contributed by atoms with Gasteiger partial charge in [0.05, 0.1) is 17.3 Å². The Balaban J connectivity index is 2.78. The number of hydrogen-bond acceptors (Lipinski definition) is 3. The third-order valence-electron chi connectivity index (χ3n) is 2.70. The first-order valence-corrected chi connectivity index (χ1v) is 6.92. The lowest BCUT2D eigenvalue weighted by Gasteiger charge is -2.22. The maximum Gasteiger partial charge on any atom is 0.401 e. The molecule has 0 bridgehead atoms. The number of rotatable bonds is 7. The predicted molar refractivity (Wildman–Crippen MR) is 75.0 cm³/mol. The topological polar surface area (TPSA) is 28.2 Å². The van der Waals surface area contributed by atoms with Gasteiger partial charge in [0.25, 0.3) is 0 Å². The van der Waals surface area contributed by atoms with Crippen LogP contribution in [0.1, 0.15) is 26.0 Å². The molecule has 0 saturated carbocycles. The highest BCUT2D eigenvalue weighted by molar-refractivity contribution is 6.31. The molecule has 114 valence electrons. The predicted octanol–water partition coefficient (Wildman–Crippen LogP) is 3.94. The summed E-state index contributed by atoms with van der Waals surface area (Å²) >= 11 is 6.00. The highest BCUT2D eigenvalue weighted by Crippen LogP contribution is 2.21. The van der Waals surface area contributed by atoms with E-state index in [1.807, 2.05) is 6.92 Å². The van der Waals surface area contributed by atoms with Crippen molar-refractivity contribution in [1.82, 2.24) is 9.88 Å². The van der Waals surface area contributed by atoms with Crippen molar-refractivity contribution >= 4 is 17.4 Å². The Morgan fingerprint density at radius 3 is 2.55 bits per heavy atom. The highest BCUT2D eigenvalue weighted by Gasteiger charge is 2.30. The van der Waals surface area contributed by atoms with Crippen molar-refractivity contribution in [3.05, 3.63) is 22.8 Å². The van der Waals surface area contributed by atoms with E-state index in [4.69, 9.17) is 11.6 Å². The molecule has 0 unspecified atom stereocenters. The standard InChI is InChI=1S/C13H19ClF3N3/c1-3-7-18-12-6-5-10(14)11(19-12)8-20(4-2)9-13(15,16)17/h5-6H,3-4,7-9H2,1-2H3,(H,18,19). The van der Waals surface area contributed by atoms with Gasteiger partial charge >= 0.3 is 6.18 Å². The lowest BCUT2D eigenvalue weighted by atomic mass is 10.3. The summed E-state index contributed by atoms with van der Waals surface area (Å²) in [5.74, 6) is 0.634. The van der Waals surface area contributed by atoms with Crippen LogP contribution in [0, 0.1) is 0 Å². The van der Waals surface area contributed by atoms with Gasteiger partial charge in [0, 0.05) is 13.1 Å². The fourth-order valence-electron chi connectivity index (χ4n) is 1.69. The first-order chi connectivity index (χ1) is 9.35. The van der Waals surface area contributed by atoms with Crippen LogP contribution >= 0.6 is 11.6 Å². The molecule has 0 aromatic carbocycles. The summed E-state index contributed by atoms with van der Waals surface area (Å²) in [5, 5.41) is 3.47. The smallest absolute Gasteiger partial charge is 0.370 e. The molecule has 7 heteroatoms. The quantitative estimate of drug-likeness (QED) is 0.827. The van der Waals surface area contributed by atoms with Crippen LogP contribution in [0.5, 0.6) is 0 Å². The van der Waals surface area contributed by atoms with Gasteiger partial charge in [0.1, 0.15) is 5.82 Å². The molecule has 0 amide bonds. The number of nitrogens with zero attached hydrogens (tertiary/aromatic N) is 2. The third kappa shape index (κ3) is 5.96. The minimum Gasteiger partial charge on any atom is -0.370 e. The van der Waals surface area contributed by atoms with E-state index in [-0.39, 0.29) is 13.1 Å². The van der Waals surface area contributed by atoms with Gasteiger partial charge in [-0.1, -0.05) is 25.4 Å². The van der Waals surface area contributed by atoms with Gasteiger partial charge in [-0.05, 0) is 25.1 Å². The molecule has 1 aromatic heterocycles. The van der Waals surface area contributed by atoms with Gasteiger partial charge in [-0.25, -0.2) is 4.98 Å². The lowest BCUT2D eigenvalue weighted by Crippen LogP contribution is -2.34. The molecule has 0 fully saturated rings. The number of aromatic nitrogens is 1. The van der Waals surface area contributed by atoms with Gasteiger partial charge in [0.15, 0.2) is 0 Å². The van der Waals surface area contributed by atoms with E-state index in [1.54, 1.807) is 19.1 Å². The molecule has 1 N–H and O–H groups in total. The second-order valence-electron chi connectivity index (χ2n) is 4.47. The van der Waals surface area contributed by atoms with Crippen LogP contribution in [0.15, 0.2) is 12.1 Å². The SMILES string of the molecule is CCCNc1ccc(Cl)c(CN(CC)CC(F)(F)F)n1. The number of anilines is 1. The summed E-state index contributed by atoms with van der Waals surface area (Å²) < 4.78 is 37.3. The maximum atomic E-state index is 12.4. The Morgan fingerprint density at radius 2 is 2.00 bits per heavy atom. The third-order valence-corrected chi connectivity index (χ3v) is 3.04. The van der Waals surface area contributed by atoms with Crippen molar-refractivity contribution in [1.29, 1.82) is 0 Å². The van der Waals surface area contributed by atoms with E-state index in [2.05, 4.69) is 10.3 Å². The van der Waals surface area contributed by atoms with Crippen LogP contribution < -0.4 is 5.32 Å². The van der Waals surface area contributed by atoms with E-state index in [1.165, 1.54) is 4.90 Å².